The van der Waals surface area contributed by atoms with E-state index in [4.69, 9.17) is 4.74 Å². The van der Waals surface area contributed by atoms with Gasteiger partial charge in [-0.05, 0) is 48.8 Å². The van der Waals surface area contributed by atoms with E-state index in [1.807, 2.05) is 0 Å². The molecule has 3 rings (SSSR count). The average molecular weight is 415 g/mol. The highest BCUT2D eigenvalue weighted by molar-refractivity contribution is 14.1. The maximum absolute atomic E-state index is 12.2. The lowest BCUT2D eigenvalue weighted by Crippen LogP contribution is -2.14. The number of esters is 1. The first kappa shape index (κ1) is 15.5. The normalized spacial score (nSPS) is 14.5. The first-order valence-corrected chi connectivity index (χ1v) is 8.62. The third-order valence-corrected chi connectivity index (χ3v) is 4.92. The number of carbonyl (C=O) groups is 1. The van der Waals surface area contributed by atoms with Gasteiger partial charge < -0.3 is 14.3 Å². The van der Waals surface area contributed by atoms with Gasteiger partial charge in [0.1, 0.15) is 11.0 Å². The topological polar surface area (TPSA) is 77.0 Å². The largest absolute Gasteiger partial charge is 0.466 e. The number of H-pyrrole nitrogens is 1. The number of hydrogen-bond donors (Lipinski definition) is 1. The molecule has 1 N–H and O–H groups in total. The molecule has 2 heterocycles. The van der Waals surface area contributed by atoms with Crippen molar-refractivity contribution in [2.24, 2.45) is 0 Å². The van der Waals surface area contributed by atoms with Crippen LogP contribution in [0.2, 0.25) is 0 Å². The molecule has 118 valence electrons. The fourth-order valence-corrected chi connectivity index (χ4v) is 3.89. The van der Waals surface area contributed by atoms with Crippen molar-refractivity contribution in [1.82, 2.24) is 14.5 Å². The molecule has 2 aromatic heterocycles. The monoisotopic (exact) mass is 415 g/mol. The zero-order chi connectivity index (χ0) is 15.7. The molecule has 0 aromatic carbocycles. The first-order chi connectivity index (χ1) is 10.6. The molecule has 0 aliphatic heterocycles. The van der Waals surface area contributed by atoms with E-state index in [1.54, 1.807) is 6.92 Å². The molecule has 1 aliphatic rings. The van der Waals surface area contributed by atoms with Gasteiger partial charge in [-0.3, -0.25) is 9.59 Å². The Balaban J connectivity index is 1.92. The highest BCUT2D eigenvalue weighted by Crippen LogP contribution is 2.44. The van der Waals surface area contributed by atoms with Crippen LogP contribution in [0, 0.1) is 3.57 Å². The quantitative estimate of drug-likeness (QED) is 0.581. The van der Waals surface area contributed by atoms with Crippen LogP contribution >= 0.6 is 22.6 Å². The van der Waals surface area contributed by atoms with Crippen molar-refractivity contribution in [3.63, 3.8) is 0 Å². The Kier molecular flexibility index (Phi) is 4.51. The minimum Gasteiger partial charge on any atom is -0.466 e. The molecule has 0 unspecified atom stereocenters. The number of fused-ring (bicyclic) bond motifs is 1. The second-order valence-corrected chi connectivity index (χ2v) is 6.54. The van der Waals surface area contributed by atoms with Crippen molar-refractivity contribution < 1.29 is 9.53 Å². The summed E-state index contributed by atoms with van der Waals surface area (Å²) in [6, 6.07) is 0. The number of ether oxygens (including phenoxy) is 1. The van der Waals surface area contributed by atoms with Crippen LogP contribution in [-0.2, 0) is 16.1 Å². The van der Waals surface area contributed by atoms with E-state index in [0.29, 0.717) is 37.4 Å². The number of rotatable bonds is 6. The van der Waals surface area contributed by atoms with Gasteiger partial charge in [0, 0.05) is 24.6 Å². The molecule has 0 saturated heterocycles. The van der Waals surface area contributed by atoms with Crippen molar-refractivity contribution in [3.05, 3.63) is 25.9 Å². The van der Waals surface area contributed by atoms with Crippen molar-refractivity contribution >= 4 is 39.6 Å². The standard InChI is InChI=1S/C15H18IN3O3/c1-2-22-10(20)4-3-7-19-13(9-5-6-9)11(16)12-14(19)15(21)18-8-17-12/h8-9H,2-7H2,1H3,(H,17,18,21). The molecule has 0 radical (unpaired) electrons. The minimum atomic E-state index is -0.186. The molecule has 22 heavy (non-hydrogen) atoms. The summed E-state index contributed by atoms with van der Waals surface area (Å²) in [7, 11) is 0. The van der Waals surface area contributed by atoms with Crippen LogP contribution in [0.5, 0.6) is 0 Å². The number of aryl methyl sites for hydroxylation is 1. The van der Waals surface area contributed by atoms with E-state index in [1.165, 1.54) is 12.0 Å². The summed E-state index contributed by atoms with van der Waals surface area (Å²) in [5.74, 6) is 0.330. The molecule has 0 spiro atoms. The summed E-state index contributed by atoms with van der Waals surface area (Å²) < 4.78 is 8.08. The summed E-state index contributed by atoms with van der Waals surface area (Å²) in [6.07, 6.45) is 4.79. The van der Waals surface area contributed by atoms with Crippen LogP contribution in [0.4, 0.5) is 0 Å². The molecule has 0 bridgehead atoms. The smallest absolute Gasteiger partial charge is 0.305 e. The molecule has 2 aromatic rings. The van der Waals surface area contributed by atoms with Gasteiger partial charge in [-0.25, -0.2) is 4.98 Å². The molecule has 1 aliphatic carbocycles. The maximum atomic E-state index is 12.2. The number of nitrogens with zero attached hydrogens (tertiary/aromatic N) is 2. The third-order valence-electron chi connectivity index (χ3n) is 3.85. The van der Waals surface area contributed by atoms with Crippen LogP contribution in [0.1, 0.15) is 44.2 Å². The van der Waals surface area contributed by atoms with Crippen LogP contribution in [0.3, 0.4) is 0 Å². The molecule has 1 saturated carbocycles. The zero-order valence-electron chi connectivity index (χ0n) is 12.4. The van der Waals surface area contributed by atoms with Gasteiger partial charge in [-0.15, -0.1) is 0 Å². The van der Waals surface area contributed by atoms with Crippen molar-refractivity contribution in [2.75, 3.05) is 6.61 Å². The Morgan fingerprint density at radius 3 is 3.00 bits per heavy atom. The van der Waals surface area contributed by atoms with E-state index in [9.17, 15) is 9.59 Å². The van der Waals surface area contributed by atoms with E-state index in [0.717, 1.165) is 21.9 Å². The highest BCUT2D eigenvalue weighted by atomic mass is 127. The predicted octanol–water partition coefficient (Wildman–Crippen LogP) is 2.55. The number of carbonyl (C=O) groups excluding carboxylic acids is 1. The highest BCUT2D eigenvalue weighted by Gasteiger charge is 2.32. The zero-order valence-corrected chi connectivity index (χ0v) is 14.6. The lowest BCUT2D eigenvalue weighted by molar-refractivity contribution is -0.143. The lowest BCUT2D eigenvalue weighted by Gasteiger charge is -2.09. The number of hydrogen-bond acceptors (Lipinski definition) is 4. The van der Waals surface area contributed by atoms with Gasteiger partial charge in [0.15, 0.2) is 0 Å². The van der Waals surface area contributed by atoms with Crippen LogP contribution in [0.25, 0.3) is 11.0 Å². The molecular weight excluding hydrogens is 397 g/mol. The number of nitrogens with one attached hydrogen (secondary N) is 1. The van der Waals surface area contributed by atoms with Crippen molar-refractivity contribution in [2.45, 2.75) is 45.1 Å². The minimum absolute atomic E-state index is 0.119. The predicted molar refractivity (Wildman–Crippen MR) is 90.9 cm³/mol. The summed E-state index contributed by atoms with van der Waals surface area (Å²) in [5.41, 5.74) is 2.47. The molecule has 0 amide bonds. The second kappa shape index (κ2) is 6.39. The van der Waals surface area contributed by atoms with Gasteiger partial charge in [0.2, 0.25) is 0 Å². The van der Waals surface area contributed by atoms with E-state index in [-0.39, 0.29) is 11.5 Å². The van der Waals surface area contributed by atoms with Gasteiger partial charge in [0.25, 0.3) is 5.56 Å². The second-order valence-electron chi connectivity index (χ2n) is 5.46. The van der Waals surface area contributed by atoms with Crippen molar-refractivity contribution in [1.29, 1.82) is 0 Å². The van der Waals surface area contributed by atoms with Crippen molar-refractivity contribution in [3.8, 4) is 0 Å². The molecule has 6 nitrogen and oxygen atoms in total. The Bertz CT molecular complexity index is 761. The summed E-state index contributed by atoms with van der Waals surface area (Å²) in [5, 5.41) is 0. The average Bonchev–Trinajstić information content (AvgIpc) is 3.27. The molecular formula is C15H18IN3O3. The number of halogens is 1. The summed E-state index contributed by atoms with van der Waals surface area (Å²) in [6.45, 7) is 2.84. The Labute approximate surface area is 141 Å². The number of aromatic amines is 1. The third kappa shape index (κ3) is 2.90. The summed E-state index contributed by atoms with van der Waals surface area (Å²) in [4.78, 5) is 30.7. The van der Waals surface area contributed by atoms with Crippen LogP contribution < -0.4 is 5.56 Å². The lowest BCUT2D eigenvalue weighted by atomic mass is 10.2. The Hall–Kier alpha value is -1.38. The van der Waals surface area contributed by atoms with Gasteiger partial charge >= 0.3 is 5.97 Å². The van der Waals surface area contributed by atoms with E-state index >= 15 is 0 Å². The van der Waals surface area contributed by atoms with Crippen LogP contribution in [0.15, 0.2) is 11.1 Å². The Morgan fingerprint density at radius 2 is 2.32 bits per heavy atom. The summed E-state index contributed by atoms with van der Waals surface area (Å²) >= 11 is 2.28. The fourth-order valence-electron chi connectivity index (χ4n) is 2.77. The van der Waals surface area contributed by atoms with Gasteiger partial charge in [-0.2, -0.15) is 0 Å². The van der Waals surface area contributed by atoms with Gasteiger partial charge in [-0.1, -0.05) is 0 Å². The van der Waals surface area contributed by atoms with E-state index in [2.05, 4.69) is 37.1 Å². The molecule has 7 heteroatoms. The molecule has 0 atom stereocenters. The molecule has 1 fully saturated rings. The SMILES string of the molecule is CCOC(=O)CCCn1c(C2CC2)c(I)c2nc[nH]c(=O)c21. The number of aromatic nitrogens is 3. The maximum Gasteiger partial charge on any atom is 0.305 e. The fraction of sp³-hybridized carbons (Fsp3) is 0.533. The van der Waals surface area contributed by atoms with E-state index < -0.39 is 0 Å². The Morgan fingerprint density at radius 1 is 1.55 bits per heavy atom. The first-order valence-electron chi connectivity index (χ1n) is 7.54. The van der Waals surface area contributed by atoms with Crippen LogP contribution in [-0.4, -0.2) is 27.1 Å². The van der Waals surface area contributed by atoms with Gasteiger partial charge in [0.05, 0.1) is 16.5 Å².